The Morgan fingerprint density at radius 1 is 1.20 bits per heavy atom. The van der Waals surface area contributed by atoms with Crippen molar-refractivity contribution in [2.75, 3.05) is 39.2 Å². The number of hydrogen-bond donors (Lipinski definition) is 1. The molecule has 4 nitrogen and oxygen atoms in total. The van der Waals surface area contributed by atoms with Gasteiger partial charge in [0, 0.05) is 23.4 Å². The highest BCUT2D eigenvalue weighted by Gasteiger charge is 2.32. The van der Waals surface area contributed by atoms with Crippen molar-refractivity contribution < 1.29 is 14.2 Å². The first-order valence-corrected chi connectivity index (χ1v) is 8.18. The van der Waals surface area contributed by atoms with E-state index in [1.54, 1.807) is 11.8 Å². The van der Waals surface area contributed by atoms with Gasteiger partial charge in [-0.2, -0.15) is 0 Å². The zero-order valence-corrected chi connectivity index (χ0v) is 12.8. The minimum absolute atomic E-state index is 0.299. The van der Waals surface area contributed by atoms with Gasteiger partial charge < -0.3 is 19.5 Å². The summed E-state index contributed by atoms with van der Waals surface area (Å²) in [7, 11) is 0. The van der Waals surface area contributed by atoms with Crippen LogP contribution in [0.2, 0.25) is 0 Å². The number of rotatable bonds is 5. The fraction of sp³-hybridized carbons (Fsp3) is 0.600. The molecule has 0 amide bonds. The van der Waals surface area contributed by atoms with Gasteiger partial charge in [-0.1, -0.05) is 6.92 Å². The second-order valence-corrected chi connectivity index (χ2v) is 6.56. The summed E-state index contributed by atoms with van der Waals surface area (Å²) in [5, 5.41) is 3.54. The molecule has 110 valence electrons. The number of fused-ring (bicyclic) bond motifs is 1. The average Bonchev–Trinajstić information content (AvgIpc) is 2.44. The first-order valence-electron chi connectivity index (χ1n) is 6.95. The minimum atomic E-state index is 0.299. The van der Waals surface area contributed by atoms with Crippen LogP contribution < -0.4 is 14.8 Å². The summed E-state index contributed by atoms with van der Waals surface area (Å²) in [5.41, 5.74) is 1.57. The lowest BCUT2D eigenvalue weighted by Gasteiger charge is -2.38. The Kier molecular flexibility index (Phi) is 4.10. The normalized spacial score (nSPS) is 19.5. The molecular formula is C15H21NO3S. The topological polar surface area (TPSA) is 39.7 Å². The summed E-state index contributed by atoms with van der Waals surface area (Å²) in [4.78, 5) is 1.25. The molecule has 1 saturated heterocycles. The lowest BCUT2D eigenvalue weighted by molar-refractivity contribution is -0.0991. The van der Waals surface area contributed by atoms with Gasteiger partial charge in [-0.25, -0.2) is 0 Å². The second-order valence-electron chi connectivity index (χ2n) is 5.71. The van der Waals surface area contributed by atoms with Gasteiger partial charge in [0.1, 0.15) is 13.2 Å². The van der Waals surface area contributed by atoms with Crippen molar-refractivity contribution in [3.05, 3.63) is 17.7 Å². The van der Waals surface area contributed by atoms with Gasteiger partial charge in [0.2, 0.25) is 0 Å². The third-order valence-corrected chi connectivity index (χ3v) is 4.53. The van der Waals surface area contributed by atoms with E-state index < -0.39 is 0 Å². The number of thioether (sulfide) groups is 1. The van der Waals surface area contributed by atoms with Crippen LogP contribution in [0.1, 0.15) is 12.5 Å². The van der Waals surface area contributed by atoms with Crippen LogP contribution >= 0.6 is 11.8 Å². The van der Waals surface area contributed by atoms with Crippen molar-refractivity contribution >= 4 is 11.8 Å². The van der Waals surface area contributed by atoms with Crippen molar-refractivity contribution in [1.82, 2.24) is 5.32 Å². The molecule has 0 aliphatic carbocycles. The molecule has 1 aromatic rings. The molecule has 1 aromatic carbocycles. The smallest absolute Gasteiger partial charge is 0.162 e. The molecular weight excluding hydrogens is 274 g/mol. The summed E-state index contributed by atoms with van der Waals surface area (Å²) >= 11 is 1.75. The molecule has 0 unspecified atom stereocenters. The minimum Gasteiger partial charge on any atom is -0.486 e. The standard InChI is InChI=1S/C15H21NO3S/c1-15(9-17-10-15)8-16-7-11-5-12-13(6-14(11)20-2)19-4-3-18-12/h5-6,16H,3-4,7-10H2,1-2H3. The zero-order chi connectivity index (χ0) is 14.0. The number of hydrogen-bond acceptors (Lipinski definition) is 5. The molecule has 20 heavy (non-hydrogen) atoms. The maximum atomic E-state index is 5.66. The Labute approximate surface area is 124 Å². The van der Waals surface area contributed by atoms with Crippen LogP contribution in [0.5, 0.6) is 11.5 Å². The zero-order valence-electron chi connectivity index (χ0n) is 12.0. The molecule has 0 aromatic heterocycles. The van der Waals surface area contributed by atoms with Crippen LogP contribution in [0, 0.1) is 5.41 Å². The van der Waals surface area contributed by atoms with E-state index in [9.17, 15) is 0 Å². The van der Waals surface area contributed by atoms with Crippen LogP contribution in [0.15, 0.2) is 17.0 Å². The van der Waals surface area contributed by atoms with Crippen LogP contribution in [-0.4, -0.2) is 39.2 Å². The number of benzene rings is 1. The largest absolute Gasteiger partial charge is 0.486 e. The lowest BCUT2D eigenvalue weighted by atomic mass is 9.89. The number of ether oxygens (including phenoxy) is 3. The van der Waals surface area contributed by atoms with Crippen molar-refractivity contribution in [2.45, 2.75) is 18.4 Å². The highest BCUT2D eigenvalue weighted by molar-refractivity contribution is 7.98. The Morgan fingerprint density at radius 2 is 1.90 bits per heavy atom. The number of nitrogens with one attached hydrogen (secondary N) is 1. The maximum absolute atomic E-state index is 5.66. The van der Waals surface area contributed by atoms with Crippen molar-refractivity contribution in [3.8, 4) is 11.5 Å². The molecule has 0 atom stereocenters. The molecule has 1 fully saturated rings. The van der Waals surface area contributed by atoms with Gasteiger partial charge in [-0.15, -0.1) is 11.8 Å². The van der Waals surface area contributed by atoms with E-state index in [1.807, 2.05) is 0 Å². The van der Waals surface area contributed by atoms with Crippen LogP contribution in [-0.2, 0) is 11.3 Å². The molecule has 0 radical (unpaired) electrons. The van der Waals surface area contributed by atoms with Crippen LogP contribution in [0.25, 0.3) is 0 Å². The van der Waals surface area contributed by atoms with Crippen molar-refractivity contribution in [3.63, 3.8) is 0 Å². The molecule has 0 saturated carbocycles. The molecule has 2 aliphatic rings. The van der Waals surface area contributed by atoms with E-state index in [-0.39, 0.29) is 0 Å². The summed E-state index contributed by atoms with van der Waals surface area (Å²) in [6.45, 7) is 7.07. The Hall–Kier alpha value is -0.910. The highest BCUT2D eigenvalue weighted by Crippen LogP contribution is 2.36. The monoisotopic (exact) mass is 295 g/mol. The predicted molar refractivity (Wildman–Crippen MR) is 79.8 cm³/mol. The summed E-state index contributed by atoms with van der Waals surface area (Å²) in [6.07, 6.45) is 2.09. The average molecular weight is 295 g/mol. The SMILES string of the molecule is CSc1cc2c(cc1CNCC1(C)COC1)OCCO2. The van der Waals surface area contributed by atoms with Gasteiger partial charge in [-0.3, -0.25) is 0 Å². The van der Waals surface area contributed by atoms with Gasteiger partial charge >= 0.3 is 0 Å². The lowest BCUT2D eigenvalue weighted by Crippen LogP contribution is -2.47. The van der Waals surface area contributed by atoms with Crippen LogP contribution in [0.3, 0.4) is 0 Å². The van der Waals surface area contributed by atoms with E-state index in [4.69, 9.17) is 14.2 Å². The molecule has 1 N–H and O–H groups in total. The molecule has 0 bridgehead atoms. The van der Waals surface area contributed by atoms with E-state index in [2.05, 4.69) is 30.6 Å². The quantitative estimate of drug-likeness (QED) is 0.844. The summed E-state index contributed by atoms with van der Waals surface area (Å²) in [6, 6.07) is 4.19. The molecule has 0 spiro atoms. The fourth-order valence-electron chi connectivity index (χ4n) is 2.49. The van der Waals surface area contributed by atoms with E-state index in [0.29, 0.717) is 18.6 Å². The fourth-order valence-corrected chi connectivity index (χ4v) is 3.11. The Bertz CT molecular complexity index is 488. The molecule has 3 rings (SSSR count). The van der Waals surface area contributed by atoms with Crippen molar-refractivity contribution in [1.29, 1.82) is 0 Å². The first-order chi connectivity index (χ1) is 9.70. The summed E-state index contributed by atoms with van der Waals surface area (Å²) in [5.74, 6) is 1.73. The Morgan fingerprint density at radius 3 is 2.50 bits per heavy atom. The van der Waals surface area contributed by atoms with E-state index in [0.717, 1.165) is 37.8 Å². The molecule has 2 heterocycles. The van der Waals surface area contributed by atoms with E-state index >= 15 is 0 Å². The molecule has 5 heteroatoms. The molecule has 2 aliphatic heterocycles. The third kappa shape index (κ3) is 2.90. The Balaban J connectivity index is 1.68. The van der Waals surface area contributed by atoms with Gasteiger partial charge in [-0.05, 0) is 24.0 Å². The first kappa shape index (κ1) is 14.0. The highest BCUT2D eigenvalue weighted by atomic mass is 32.2. The van der Waals surface area contributed by atoms with Gasteiger partial charge in [0.15, 0.2) is 11.5 Å². The van der Waals surface area contributed by atoms with Gasteiger partial charge in [0.05, 0.1) is 13.2 Å². The maximum Gasteiger partial charge on any atom is 0.162 e. The van der Waals surface area contributed by atoms with Crippen molar-refractivity contribution in [2.24, 2.45) is 5.41 Å². The van der Waals surface area contributed by atoms with E-state index in [1.165, 1.54) is 10.5 Å². The predicted octanol–water partition coefficient (Wildman–Crippen LogP) is 2.31. The summed E-state index contributed by atoms with van der Waals surface area (Å²) < 4.78 is 16.6. The second kappa shape index (κ2) is 5.84. The third-order valence-electron chi connectivity index (χ3n) is 3.71. The van der Waals surface area contributed by atoms with Gasteiger partial charge in [0.25, 0.3) is 0 Å². The van der Waals surface area contributed by atoms with Crippen LogP contribution in [0.4, 0.5) is 0 Å².